The Morgan fingerprint density at radius 1 is 1.26 bits per heavy atom. The highest BCUT2D eigenvalue weighted by molar-refractivity contribution is 6.01. The first-order chi connectivity index (χ1) is 15.0. The summed E-state index contributed by atoms with van der Waals surface area (Å²) in [6.45, 7) is 4.11. The Bertz CT molecular complexity index is 1070. The molecule has 0 bridgehead atoms. The molecule has 3 heterocycles. The summed E-state index contributed by atoms with van der Waals surface area (Å²) >= 11 is 0. The Labute approximate surface area is 180 Å². The molecule has 0 spiro atoms. The van der Waals surface area contributed by atoms with Crippen molar-refractivity contribution in [2.24, 2.45) is 5.92 Å². The molecule has 1 saturated heterocycles. The molecule has 1 aromatic carbocycles. The predicted octanol–water partition coefficient (Wildman–Crippen LogP) is 3.39. The van der Waals surface area contributed by atoms with Crippen molar-refractivity contribution in [2.45, 2.75) is 32.6 Å². The van der Waals surface area contributed by atoms with Gasteiger partial charge in [0.1, 0.15) is 11.5 Å². The van der Waals surface area contributed by atoms with Crippen molar-refractivity contribution in [2.75, 3.05) is 5.32 Å². The van der Waals surface area contributed by atoms with E-state index in [9.17, 15) is 9.59 Å². The molecule has 0 aliphatic carbocycles. The van der Waals surface area contributed by atoms with E-state index in [2.05, 4.69) is 34.9 Å². The molecule has 8 heteroatoms. The summed E-state index contributed by atoms with van der Waals surface area (Å²) in [5.41, 5.74) is 1.47. The molecule has 2 amide bonds. The molecule has 3 N–H and O–H groups in total. The van der Waals surface area contributed by atoms with E-state index in [1.54, 1.807) is 35.2 Å². The Kier molecular flexibility index (Phi) is 5.99. The third kappa shape index (κ3) is 4.92. The molecule has 2 aromatic heterocycles. The van der Waals surface area contributed by atoms with Crippen LogP contribution < -0.4 is 16.0 Å². The summed E-state index contributed by atoms with van der Waals surface area (Å²) in [4.78, 5) is 24.9. The highest BCUT2D eigenvalue weighted by atomic mass is 16.3. The van der Waals surface area contributed by atoms with Gasteiger partial charge in [0, 0.05) is 24.6 Å². The number of hydrogen-bond donors (Lipinski definition) is 3. The number of anilines is 1. The van der Waals surface area contributed by atoms with Gasteiger partial charge < -0.3 is 15.1 Å². The van der Waals surface area contributed by atoms with Crippen molar-refractivity contribution in [3.63, 3.8) is 0 Å². The standard InChI is InChI=1S/C23H25N5O3/c1-15(2)17-14-22(30)26-23(24-17)28-20(13-18(27-28)19-9-6-12-31-19)25-21(29)11-10-16-7-4-3-5-8-16/h3-13,15,17,23-24H,14H2,1-2H3,(H,25,29)(H,26,30)/b11-10+. The van der Waals surface area contributed by atoms with Crippen molar-refractivity contribution >= 4 is 23.7 Å². The summed E-state index contributed by atoms with van der Waals surface area (Å²) in [5, 5.41) is 13.7. The first kappa shape index (κ1) is 20.6. The molecule has 1 aliphatic rings. The lowest BCUT2D eigenvalue weighted by Crippen LogP contribution is -2.55. The van der Waals surface area contributed by atoms with Gasteiger partial charge in [0.2, 0.25) is 11.8 Å². The molecule has 2 atom stereocenters. The molecule has 160 valence electrons. The third-order valence-corrected chi connectivity index (χ3v) is 5.11. The number of furan rings is 1. The van der Waals surface area contributed by atoms with Crippen LogP contribution in [0.5, 0.6) is 0 Å². The van der Waals surface area contributed by atoms with Gasteiger partial charge in [-0.25, -0.2) is 4.68 Å². The smallest absolute Gasteiger partial charge is 0.249 e. The summed E-state index contributed by atoms with van der Waals surface area (Å²) in [7, 11) is 0. The van der Waals surface area contributed by atoms with E-state index in [0.29, 0.717) is 23.7 Å². The maximum atomic E-state index is 12.6. The van der Waals surface area contributed by atoms with Gasteiger partial charge in [-0.15, -0.1) is 0 Å². The quantitative estimate of drug-likeness (QED) is 0.532. The second-order valence-corrected chi connectivity index (χ2v) is 7.76. The number of aromatic nitrogens is 2. The molecule has 4 rings (SSSR count). The van der Waals surface area contributed by atoms with Gasteiger partial charge in [0.25, 0.3) is 0 Å². The van der Waals surface area contributed by atoms with Crippen LogP contribution in [0.1, 0.15) is 32.1 Å². The van der Waals surface area contributed by atoms with E-state index < -0.39 is 6.29 Å². The zero-order valence-electron chi connectivity index (χ0n) is 17.4. The second kappa shape index (κ2) is 9.01. The molecular formula is C23H25N5O3. The van der Waals surface area contributed by atoms with Gasteiger partial charge in [0.05, 0.1) is 6.26 Å². The molecular weight excluding hydrogens is 394 g/mol. The van der Waals surface area contributed by atoms with E-state index in [1.165, 1.54) is 6.08 Å². The minimum absolute atomic E-state index is 0.00320. The monoisotopic (exact) mass is 419 g/mol. The van der Waals surface area contributed by atoms with Crippen molar-refractivity contribution in [3.05, 3.63) is 66.4 Å². The largest absolute Gasteiger partial charge is 0.463 e. The van der Waals surface area contributed by atoms with Crippen molar-refractivity contribution in [1.82, 2.24) is 20.4 Å². The van der Waals surface area contributed by atoms with Gasteiger partial charge in [0.15, 0.2) is 12.0 Å². The summed E-state index contributed by atoms with van der Waals surface area (Å²) in [6.07, 6.45) is 4.56. The van der Waals surface area contributed by atoms with Crippen molar-refractivity contribution in [3.8, 4) is 11.5 Å². The number of nitrogens with zero attached hydrogens (tertiary/aromatic N) is 2. The van der Waals surface area contributed by atoms with Crippen LogP contribution in [0.3, 0.4) is 0 Å². The third-order valence-electron chi connectivity index (χ3n) is 5.11. The molecule has 0 radical (unpaired) electrons. The maximum Gasteiger partial charge on any atom is 0.249 e. The summed E-state index contributed by atoms with van der Waals surface area (Å²) in [5.74, 6) is 0.894. The number of nitrogens with one attached hydrogen (secondary N) is 3. The average molecular weight is 419 g/mol. The van der Waals surface area contributed by atoms with Crippen LogP contribution in [0.2, 0.25) is 0 Å². The summed E-state index contributed by atoms with van der Waals surface area (Å²) in [6, 6.07) is 14.8. The number of amides is 2. The van der Waals surface area contributed by atoms with Crippen LogP contribution in [-0.2, 0) is 9.59 Å². The number of rotatable bonds is 6. The zero-order valence-corrected chi connectivity index (χ0v) is 17.4. The average Bonchev–Trinajstić information content (AvgIpc) is 3.42. The minimum Gasteiger partial charge on any atom is -0.463 e. The highest BCUT2D eigenvalue weighted by Crippen LogP contribution is 2.26. The van der Waals surface area contributed by atoms with Crippen LogP contribution in [0.15, 0.2) is 65.3 Å². The lowest BCUT2D eigenvalue weighted by atomic mass is 9.99. The van der Waals surface area contributed by atoms with Gasteiger partial charge in [-0.1, -0.05) is 44.2 Å². The number of benzene rings is 1. The van der Waals surface area contributed by atoms with E-state index in [-0.39, 0.29) is 23.8 Å². The molecule has 3 aromatic rings. The van der Waals surface area contributed by atoms with E-state index in [4.69, 9.17) is 4.42 Å². The van der Waals surface area contributed by atoms with Crippen LogP contribution in [0.25, 0.3) is 17.5 Å². The van der Waals surface area contributed by atoms with Crippen LogP contribution in [0.4, 0.5) is 5.82 Å². The normalized spacial score (nSPS) is 19.0. The zero-order chi connectivity index (χ0) is 21.8. The minimum atomic E-state index is -0.592. The fraction of sp³-hybridized carbons (Fsp3) is 0.261. The maximum absolute atomic E-state index is 12.6. The Balaban J connectivity index is 1.60. The lowest BCUT2D eigenvalue weighted by Gasteiger charge is -2.34. The molecule has 0 saturated carbocycles. The highest BCUT2D eigenvalue weighted by Gasteiger charge is 2.31. The SMILES string of the molecule is CC(C)C1CC(=O)NC(n2nc(-c3ccco3)cc2NC(=O)/C=C/c2ccccc2)N1. The van der Waals surface area contributed by atoms with Gasteiger partial charge in [-0.2, -0.15) is 5.10 Å². The molecule has 1 aliphatic heterocycles. The van der Waals surface area contributed by atoms with Gasteiger partial charge in [-0.3, -0.25) is 14.9 Å². The molecule has 8 nitrogen and oxygen atoms in total. The topological polar surface area (TPSA) is 101 Å². The number of carbonyl (C=O) groups is 2. The van der Waals surface area contributed by atoms with Crippen molar-refractivity contribution < 1.29 is 14.0 Å². The molecule has 1 fully saturated rings. The fourth-order valence-corrected chi connectivity index (χ4v) is 3.41. The predicted molar refractivity (Wildman–Crippen MR) is 118 cm³/mol. The lowest BCUT2D eigenvalue weighted by molar-refractivity contribution is -0.126. The summed E-state index contributed by atoms with van der Waals surface area (Å²) < 4.78 is 7.02. The van der Waals surface area contributed by atoms with Crippen LogP contribution in [0, 0.1) is 5.92 Å². The molecule has 2 unspecified atom stereocenters. The Morgan fingerprint density at radius 2 is 2.06 bits per heavy atom. The molecule has 31 heavy (non-hydrogen) atoms. The van der Waals surface area contributed by atoms with E-state index in [1.807, 2.05) is 30.3 Å². The number of carbonyl (C=O) groups excluding carboxylic acids is 2. The van der Waals surface area contributed by atoms with E-state index >= 15 is 0 Å². The number of hydrogen-bond acceptors (Lipinski definition) is 5. The fourth-order valence-electron chi connectivity index (χ4n) is 3.41. The Hall–Kier alpha value is -3.65. The Morgan fingerprint density at radius 3 is 2.77 bits per heavy atom. The van der Waals surface area contributed by atoms with Crippen LogP contribution in [-0.4, -0.2) is 27.6 Å². The second-order valence-electron chi connectivity index (χ2n) is 7.76. The van der Waals surface area contributed by atoms with E-state index in [0.717, 1.165) is 5.56 Å². The van der Waals surface area contributed by atoms with Gasteiger partial charge in [-0.05, 0) is 29.7 Å². The first-order valence-corrected chi connectivity index (χ1v) is 10.2. The van der Waals surface area contributed by atoms with Gasteiger partial charge >= 0.3 is 0 Å². The van der Waals surface area contributed by atoms with Crippen LogP contribution >= 0.6 is 0 Å². The first-order valence-electron chi connectivity index (χ1n) is 10.2. The van der Waals surface area contributed by atoms with Crippen molar-refractivity contribution in [1.29, 1.82) is 0 Å².